The van der Waals surface area contributed by atoms with Crippen LogP contribution < -0.4 is 5.73 Å². The van der Waals surface area contributed by atoms with Gasteiger partial charge in [-0.25, -0.2) is 0 Å². The summed E-state index contributed by atoms with van der Waals surface area (Å²) in [5, 5.41) is 9.93. The van der Waals surface area contributed by atoms with Gasteiger partial charge in [-0.2, -0.15) is 0 Å². The Morgan fingerprint density at radius 3 is 1.80 bits per heavy atom. The number of carbonyl (C=O) groups excluding carboxylic acids is 1. The molecule has 0 saturated carbocycles. The quantitative estimate of drug-likeness (QED) is 0.201. The fourth-order valence-electron chi connectivity index (χ4n) is 2.92. The third kappa shape index (κ3) is 16.9. The third-order valence-corrected chi connectivity index (χ3v) is 4.86. The SMILES string of the molecule is CCCCCCCCCCCCCCCC(O)C(N)COC(=O)CCl. The van der Waals surface area contributed by atoms with E-state index in [1.165, 1.54) is 70.6 Å². The number of hydrogen-bond donors (Lipinski definition) is 2. The van der Waals surface area contributed by atoms with E-state index in [1.54, 1.807) is 0 Å². The van der Waals surface area contributed by atoms with Crippen molar-refractivity contribution in [2.24, 2.45) is 5.73 Å². The molecule has 0 aromatic rings. The van der Waals surface area contributed by atoms with Crippen molar-refractivity contribution in [3.8, 4) is 0 Å². The van der Waals surface area contributed by atoms with E-state index in [9.17, 15) is 9.90 Å². The summed E-state index contributed by atoms with van der Waals surface area (Å²) in [4.78, 5) is 10.9. The van der Waals surface area contributed by atoms with Gasteiger partial charge in [0.2, 0.25) is 0 Å². The maximum atomic E-state index is 10.9. The first kappa shape index (κ1) is 24.7. The molecule has 0 aliphatic heterocycles. The molecule has 0 aromatic heterocycles. The van der Waals surface area contributed by atoms with Gasteiger partial charge in [0.15, 0.2) is 0 Å². The van der Waals surface area contributed by atoms with E-state index in [4.69, 9.17) is 22.1 Å². The lowest BCUT2D eigenvalue weighted by atomic mass is 10.0. The molecule has 25 heavy (non-hydrogen) atoms. The third-order valence-electron chi connectivity index (χ3n) is 4.64. The Labute approximate surface area is 159 Å². The first-order valence-electron chi connectivity index (χ1n) is 10.3. The van der Waals surface area contributed by atoms with E-state index in [0.29, 0.717) is 6.42 Å². The maximum Gasteiger partial charge on any atom is 0.320 e. The van der Waals surface area contributed by atoms with E-state index < -0.39 is 18.1 Å². The van der Waals surface area contributed by atoms with Gasteiger partial charge in [0.05, 0.1) is 12.1 Å². The Hall–Kier alpha value is -0.320. The molecule has 2 atom stereocenters. The molecule has 150 valence electrons. The monoisotopic (exact) mass is 377 g/mol. The highest BCUT2D eigenvalue weighted by atomic mass is 35.5. The molecule has 0 fully saturated rings. The zero-order valence-corrected chi connectivity index (χ0v) is 16.9. The first-order valence-corrected chi connectivity index (χ1v) is 10.8. The van der Waals surface area contributed by atoms with Gasteiger partial charge in [0.25, 0.3) is 0 Å². The van der Waals surface area contributed by atoms with Crippen molar-refractivity contribution in [2.75, 3.05) is 12.5 Å². The van der Waals surface area contributed by atoms with Crippen molar-refractivity contribution in [3.05, 3.63) is 0 Å². The van der Waals surface area contributed by atoms with Crippen molar-refractivity contribution >= 4 is 17.6 Å². The second kappa shape index (κ2) is 18.5. The Morgan fingerprint density at radius 2 is 1.36 bits per heavy atom. The van der Waals surface area contributed by atoms with Crippen LogP contribution in [0.25, 0.3) is 0 Å². The van der Waals surface area contributed by atoms with E-state index in [1.807, 2.05) is 0 Å². The lowest BCUT2D eigenvalue weighted by Gasteiger charge is -2.18. The molecule has 0 heterocycles. The molecular weight excluding hydrogens is 338 g/mol. The summed E-state index contributed by atoms with van der Waals surface area (Å²) < 4.78 is 4.84. The van der Waals surface area contributed by atoms with Crippen molar-refractivity contribution in [2.45, 2.75) is 109 Å². The predicted octanol–water partition coefficient (Wildman–Crippen LogP) is 4.94. The number of aliphatic hydroxyl groups is 1. The molecule has 5 heteroatoms. The minimum atomic E-state index is -0.615. The van der Waals surface area contributed by atoms with Crippen LogP contribution in [0.5, 0.6) is 0 Å². The van der Waals surface area contributed by atoms with E-state index >= 15 is 0 Å². The number of carbonyl (C=O) groups is 1. The largest absolute Gasteiger partial charge is 0.463 e. The van der Waals surface area contributed by atoms with Gasteiger partial charge in [0, 0.05) is 0 Å². The van der Waals surface area contributed by atoms with Gasteiger partial charge in [0.1, 0.15) is 12.5 Å². The second-order valence-corrected chi connectivity index (χ2v) is 7.35. The normalized spacial score (nSPS) is 13.6. The molecule has 0 bridgehead atoms. The number of aliphatic hydroxyl groups excluding tert-OH is 1. The molecule has 0 aromatic carbocycles. The molecule has 0 saturated heterocycles. The zero-order chi connectivity index (χ0) is 18.8. The highest BCUT2D eigenvalue weighted by molar-refractivity contribution is 6.26. The molecule has 0 rings (SSSR count). The zero-order valence-electron chi connectivity index (χ0n) is 16.2. The summed E-state index contributed by atoms with van der Waals surface area (Å²) in [5.74, 6) is -0.674. The Balaban J connectivity index is 3.30. The summed E-state index contributed by atoms with van der Waals surface area (Å²) in [5.41, 5.74) is 5.80. The van der Waals surface area contributed by atoms with E-state index in [2.05, 4.69) is 6.92 Å². The standard InChI is InChI=1S/C20H40ClNO3/c1-2-3-4-5-6-7-8-9-10-11-12-13-14-15-19(23)18(22)17-25-20(24)16-21/h18-19,23H,2-17,22H2,1H3. The number of alkyl halides is 1. The molecule has 0 radical (unpaired) electrons. The first-order chi connectivity index (χ1) is 12.1. The Bertz CT molecular complexity index is 303. The average molecular weight is 378 g/mol. The van der Waals surface area contributed by atoms with Crippen molar-refractivity contribution in [1.29, 1.82) is 0 Å². The highest BCUT2D eigenvalue weighted by Gasteiger charge is 2.16. The fraction of sp³-hybridized carbons (Fsp3) is 0.950. The van der Waals surface area contributed by atoms with Crippen LogP contribution >= 0.6 is 11.6 Å². The van der Waals surface area contributed by atoms with Crippen LogP contribution in [0.2, 0.25) is 0 Å². The predicted molar refractivity (Wildman–Crippen MR) is 106 cm³/mol. The Kier molecular flexibility index (Phi) is 18.2. The minimum absolute atomic E-state index is 0.0329. The van der Waals surface area contributed by atoms with Crippen molar-refractivity contribution in [1.82, 2.24) is 0 Å². The number of ether oxygens (including phenoxy) is 1. The van der Waals surface area contributed by atoms with Gasteiger partial charge in [-0.05, 0) is 6.42 Å². The van der Waals surface area contributed by atoms with Crippen LogP contribution in [0, 0.1) is 0 Å². The molecular formula is C20H40ClNO3. The number of esters is 1. The van der Waals surface area contributed by atoms with Crippen LogP contribution in [0.4, 0.5) is 0 Å². The molecule has 0 amide bonds. The van der Waals surface area contributed by atoms with Crippen LogP contribution in [-0.2, 0) is 9.53 Å². The summed E-state index contributed by atoms with van der Waals surface area (Å²) in [7, 11) is 0. The topological polar surface area (TPSA) is 72.6 Å². The van der Waals surface area contributed by atoms with Crippen LogP contribution in [0.3, 0.4) is 0 Å². The maximum absolute atomic E-state index is 10.9. The number of nitrogens with two attached hydrogens (primary N) is 1. The van der Waals surface area contributed by atoms with E-state index in [0.717, 1.165) is 12.8 Å². The van der Waals surface area contributed by atoms with Gasteiger partial charge in [-0.15, -0.1) is 11.6 Å². The minimum Gasteiger partial charge on any atom is -0.463 e. The van der Waals surface area contributed by atoms with E-state index in [-0.39, 0.29) is 12.5 Å². The van der Waals surface area contributed by atoms with Gasteiger partial charge in [-0.1, -0.05) is 90.4 Å². The number of hydrogen-bond acceptors (Lipinski definition) is 4. The molecule has 3 N–H and O–H groups in total. The molecule has 0 aliphatic carbocycles. The lowest BCUT2D eigenvalue weighted by molar-refractivity contribution is -0.141. The van der Waals surface area contributed by atoms with Crippen LogP contribution in [0.1, 0.15) is 96.8 Å². The number of halogens is 1. The van der Waals surface area contributed by atoms with Gasteiger partial charge < -0.3 is 15.6 Å². The summed E-state index contributed by atoms with van der Waals surface area (Å²) >= 11 is 5.33. The summed E-state index contributed by atoms with van der Waals surface area (Å²) in [6.45, 7) is 2.29. The highest BCUT2D eigenvalue weighted by Crippen LogP contribution is 2.13. The van der Waals surface area contributed by atoms with Crippen LogP contribution in [0.15, 0.2) is 0 Å². The molecule has 0 aliphatic rings. The number of rotatable bonds is 18. The van der Waals surface area contributed by atoms with Crippen LogP contribution in [-0.4, -0.2) is 35.7 Å². The smallest absolute Gasteiger partial charge is 0.320 e. The number of unbranched alkanes of at least 4 members (excludes halogenated alkanes) is 12. The van der Waals surface area contributed by atoms with Crippen molar-refractivity contribution in [3.63, 3.8) is 0 Å². The molecule has 2 unspecified atom stereocenters. The van der Waals surface area contributed by atoms with Gasteiger partial charge in [-0.3, -0.25) is 4.79 Å². The Morgan fingerprint density at radius 1 is 0.920 bits per heavy atom. The summed E-state index contributed by atoms with van der Waals surface area (Å²) in [6, 6.07) is -0.524. The molecule has 4 nitrogen and oxygen atoms in total. The molecule has 0 spiro atoms. The van der Waals surface area contributed by atoms with Crippen molar-refractivity contribution < 1.29 is 14.6 Å². The second-order valence-electron chi connectivity index (χ2n) is 7.08. The lowest BCUT2D eigenvalue weighted by Crippen LogP contribution is -2.39. The summed E-state index contributed by atoms with van der Waals surface area (Å²) in [6.07, 6.45) is 17.0. The fourth-order valence-corrected chi connectivity index (χ4v) is 3.00. The average Bonchev–Trinajstić information content (AvgIpc) is 2.62. The van der Waals surface area contributed by atoms with Gasteiger partial charge >= 0.3 is 5.97 Å².